The molecule has 2 aromatic rings. The van der Waals surface area contributed by atoms with Crippen LogP contribution in [0.1, 0.15) is 30.6 Å². The van der Waals surface area contributed by atoms with E-state index in [1.807, 2.05) is 18.2 Å². The maximum Gasteiger partial charge on any atom is 0.223 e. The zero-order chi connectivity index (χ0) is 14.4. The molecule has 0 fully saturated rings. The summed E-state index contributed by atoms with van der Waals surface area (Å²) in [4.78, 5) is 4.10. The van der Waals surface area contributed by atoms with Gasteiger partial charge in [-0.05, 0) is 31.2 Å². The first-order valence-corrected chi connectivity index (χ1v) is 6.98. The van der Waals surface area contributed by atoms with E-state index in [2.05, 4.69) is 22.4 Å². The van der Waals surface area contributed by atoms with Crippen LogP contribution in [-0.4, -0.2) is 16.7 Å². The number of benzene rings is 1. The first-order valence-electron chi connectivity index (χ1n) is 6.60. The van der Waals surface area contributed by atoms with Crippen molar-refractivity contribution in [3.63, 3.8) is 0 Å². The zero-order valence-electron chi connectivity index (χ0n) is 11.6. The van der Waals surface area contributed by atoms with E-state index < -0.39 is 0 Å². The summed E-state index contributed by atoms with van der Waals surface area (Å²) in [5, 5.41) is 7.83. The van der Waals surface area contributed by atoms with Gasteiger partial charge in [-0.25, -0.2) is 0 Å². The molecule has 20 heavy (non-hydrogen) atoms. The maximum absolute atomic E-state index is 6.03. The lowest BCUT2D eigenvalue weighted by atomic mass is 10.2. The predicted molar refractivity (Wildman–Crippen MR) is 76.8 cm³/mol. The Kier molecular flexibility index (Phi) is 5.38. The van der Waals surface area contributed by atoms with E-state index in [9.17, 15) is 0 Å². The molecule has 108 valence electrons. The van der Waals surface area contributed by atoms with Crippen LogP contribution in [0.15, 0.2) is 22.7 Å². The van der Waals surface area contributed by atoms with Gasteiger partial charge in [-0.3, -0.25) is 0 Å². The van der Waals surface area contributed by atoms with Gasteiger partial charge in [0.15, 0.2) is 6.61 Å². The molecule has 0 radical (unpaired) electrons. The molecule has 0 atom stereocenters. The molecule has 0 aliphatic carbocycles. The highest BCUT2D eigenvalue weighted by molar-refractivity contribution is 6.30. The van der Waals surface area contributed by atoms with Crippen molar-refractivity contribution in [1.82, 2.24) is 15.5 Å². The number of aryl methyl sites for hydroxylation is 1. The van der Waals surface area contributed by atoms with E-state index in [4.69, 9.17) is 20.9 Å². The summed E-state index contributed by atoms with van der Waals surface area (Å²) >= 11 is 6.03. The molecule has 0 spiro atoms. The van der Waals surface area contributed by atoms with Crippen LogP contribution in [0.2, 0.25) is 5.02 Å². The van der Waals surface area contributed by atoms with Crippen LogP contribution in [0.25, 0.3) is 0 Å². The highest BCUT2D eigenvalue weighted by atomic mass is 35.5. The fourth-order valence-electron chi connectivity index (χ4n) is 1.77. The third-order valence-corrected chi connectivity index (χ3v) is 2.93. The van der Waals surface area contributed by atoms with Crippen molar-refractivity contribution in [3.05, 3.63) is 40.5 Å². The molecule has 0 unspecified atom stereocenters. The number of nitrogens with zero attached hydrogens (tertiary/aromatic N) is 2. The molecule has 0 bridgehead atoms. The van der Waals surface area contributed by atoms with Gasteiger partial charge >= 0.3 is 0 Å². The number of ether oxygens (including phenoxy) is 1. The second-order valence-corrected chi connectivity index (χ2v) is 4.88. The average Bonchev–Trinajstić information content (AvgIpc) is 2.84. The minimum atomic E-state index is 0.278. The van der Waals surface area contributed by atoms with Gasteiger partial charge in [0.2, 0.25) is 11.7 Å². The number of nitrogens with one attached hydrogen (secondary N) is 1. The van der Waals surface area contributed by atoms with Crippen molar-refractivity contribution < 1.29 is 9.26 Å². The summed E-state index contributed by atoms with van der Waals surface area (Å²) in [5.41, 5.74) is 1.02. The van der Waals surface area contributed by atoms with Crippen LogP contribution in [0.4, 0.5) is 0 Å². The summed E-state index contributed by atoms with van der Waals surface area (Å²) in [6, 6.07) is 5.57. The maximum atomic E-state index is 6.03. The number of hydrogen-bond donors (Lipinski definition) is 1. The van der Waals surface area contributed by atoms with Crippen molar-refractivity contribution in [2.24, 2.45) is 0 Å². The van der Waals surface area contributed by atoms with Crippen molar-refractivity contribution >= 4 is 11.6 Å². The van der Waals surface area contributed by atoms with Crippen molar-refractivity contribution in [1.29, 1.82) is 0 Å². The zero-order valence-corrected chi connectivity index (χ0v) is 12.4. The van der Waals surface area contributed by atoms with Crippen LogP contribution in [0.3, 0.4) is 0 Å². The van der Waals surface area contributed by atoms with Gasteiger partial charge in [0.05, 0.1) is 0 Å². The van der Waals surface area contributed by atoms with Gasteiger partial charge in [0.25, 0.3) is 0 Å². The monoisotopic (exact) mass is 295 g/mol. The fourth-order valence-corrected chi connectivity index (χ4v) is 1.96. The van der Waals surface area contributed by atoms with Gasteiger partial charge < -0.3 is 14.6 Å². The van der Waals surface area contributed by atoms with Gasteiger partial charge in [-0.15, -0.1) is 0 Å². The Morgan fingerprint density at radius 3 is 2.95 bits per heavy atom. The van der Waals surface area contributed by atoms with E-state index in [1.54, 1.807) is 6.92 Å². The molecule has 6 heteroatoms. The Bertz CT molecular complexity index is 557. The second-order valence-electron chi connectivity index (χ2n) is 4.45. The third kappa shape index (κ3) is 4.21. The van der Waals surface area contributed by atoms with Crippen molar-refractivity contribution in [2.45, 2.75) is 33.4 Å². The molecule has 1 heterocycles. The first-order chi connectivity index (χ1) is 9.69. The summed E-state index contributed by atoms with van der Waals surface area (Å²) in [7, 11) is 0. The topological polar surface area (TPSA) is 60.2 Å². The average molecular weight is 296 g/mol. The number of aromatic nitrogens is 2. The normalized spacial score (nSPS) is 10.8. The molecular weight excluding hydrogens is 278 g/mol. The lowest BCUT2D eigenvalue weighted by Gasteiger charge is -2.11. The summed E-state index contributed by atoms with van der Waals surface area (Å²) in [6.07, 6.45) is 1.08. The van der Waals surface area contributed by atoms with Gasteiger partial charge in [-0.2, -0.15) is 4.98 Å². The Balaban J connectivity index is 2.01. The first kappa shape index (κ1) is 14.8. The van der Waals surface area contributed by atoms with Crippen molar-refractivity contribution in [2.75, 3.05) is 6.54 Å². The van der Waals surface area contributed by atoms with Gasteiger partial charge in [0, 0.05) is 24.1 Å². The van der Waals surface area contributed by atoms with Crippen molar-refractivity contribution in [3.8, 4) is 5.75 Å². The molecule has 2 rings (SSSR count). The largest absolute Gasteiger partial charge is 0.485 e. The molecule has 5 nitrogen and oxygen atoms in total. The number of rotatable bonds is 7. The van der Waals surface area contributed by atoms with Crippen LogP contribution < -0.4 is 10.1 Å². The molecule has 1 aromatic carbocycles. The Morgan fingerprint density at radius 1 is 1.40 bits per heavy atom. The molecule has 0 aliphatic heterocycles. The van der Waals surface area contributed by atoms with Gasteiger partial charge in [0.1, 0.15) is 5.75 Å². The summed E-state index contributed by atoms with van der Waals surface area (Å²) < 4.78 is 10.6. The third-order valence-electron chi connectivity index (χ3n) is 2.69. The Morgan fingerprint density at radius 2 is 2.25 bits per heavy atom. The number of halogens is 1. The molecule has 0 saturated heterocycles. The van der Waals surface area contributed by atoms with E-state index in [0.29, 0.717) is 16.7 Å². The van der Waals surface area contributed by atoms with E-state index in [0.717, 1.165) is 30.8 Å². The van der Waals surface area contributed by atoms with Crippen LogP contribution in [0, 0.1) is 6.92 Å². The number of hydrogen-bond acceptors (Lipinski definition) is 5. The van der Waals surface area contributed by atoms with Crippen LogP contribution in [-0.2, 0) is 13.2 Å². The molecule has 1 aromatic heterocycles. The minimum absolute atomic E-state index is 0.278. The molecule has 1 N–H and O–H groups in total. The smallest absolute Gasteiger partial charge is 0.223 e. The van der Waals surface area contributed by atoms with Gasteiger partial charge in [-0.1, -0.05) is 23.7 Å². The fraction of sp³-hybridized carbons (Fsp3) is 0.429. The van der Waals surface area contributed by atoms with E-state index in [1.165, 1.54) is 0 Å². The molecular formula is C14H18ClN3O2. The highest BCUT2D eigenvalue weighted by Gasteiger charge is 2.08. The molecule has 0 aliphatic rings. The second kappa shape index (κ2) is 7.26. The predicted octanol–water partition coefficient (Wildman–Crippen LogP) is 3.11. The van der Waals surface area contributed by atoms with E-state index >= 15 is 0 Å². The Hall–Kier alpha value is -1.59. The minimum Gasteiger partial charge on any atom is -0.485 e. The Labute approximate surface area is 123 Å². The quantitative estimate of drug-likeness (QED) is 0.795. The summed E-state index contributed by atoms with van der Waals surface area (Å²) in [6.45, 7) is 5.82. The van der Waals surface area contributed by atoms with Crippen LogP contribution in [0.5, 0.6) is 5.75 Å². The SMILES string of the molecule is CCCNCc1cc(Cl)ccc1OCc1noc(C)n1. The highest BCUT2D eigenvalue weighted by Crippen LogP contribution is 2.23. The van der Waals surface area contributed by atoms with Crippen LogP contribution >= 0.6 is 11.6 Å². The lowest BCUT2D eigenvalue weighted by molar-refractivity contribution is 0.282. The summed E-state index contributed by atoms with van der Waals surface area (Å²) in [5.74, 6) is 1.84. The molecule has 0 saturated carbocycles. The standard InChI is InChI=1S/C14H18ClN3O2/c1-3-6-16-8-11-7-12(15)4-5-13(11)19-9-14-17-10(2)20-18-14/h4-5,7,16H,3,6,8-9H2,1-2H3. The lowest BCUT2D eigenvalue weighted by Crippen LogP contribution is -2.14. The molecule has 0 amide bonds. The van der Waals surface area contributed by atoms with E-state index in [-0.39, 0.29) is 6.61 Å².